The van der Waals surface area contributed by atoms with Crippen LogP contribution in [0.2, 0.25) is 0 Å². The zero-order chi connectivity index (χ0) is 13.9. The van der Waals surface area contributed by atoms with Gasteiger partial charge in [-0.2, -0.15) is 0 Å². The molecular formula is C12H22N2O4. The number of carboxylic acids is 1. The van der Waals surface area contributed by atoms with Crippen molar-refractivity contribution in [3.05, 3.63) is 0 Å². The number of aliphatic carboxylic acids is 1. The molecule has 2 unspecified atom stereocenters. The molecule has 1 heterocycles. The van der Waals surface area contributed by atoms with Crippen LogP contribution in [0.25, 0.3) is 0 Å². The maximum atomic E-state index is 12.1. The van der Waals surface area contributed by atoms with E-state index in [0.717, 1.165) is 0 Å². The van der Waals surface area contributed by atoms with Crippen LogP contribution < -0.4 is 5.32 Å². The Kier molecular flexibility index (Phi) is 4.56. The summed E-state index contributed by atoms with van der Waals surface area (Å²) in [6.45, 7) is 6.39. The van der Waals surface area contributed by atoms with Gasteiger partial charge >= 0.3 is 12.0 Å². The number of nitrogens with zero attached hydrogens (tertiary/aromatic N) is 1. The Balaban J connectivity index is 2.61. The van der Waals surface area contributed by atoms with E-state index in [-0.39, 0.29) is 12.1 Å². The fraction of sp³-hybridized carbons (Fsp3) is 0.833. The van der Waals surface area contributed by atoms with Crippen molar-refractivity contribution in [2.45, 2.75) is 38.8 Å². The molecule has 6 nitrogen and oxygen atoms in total. The highest BCUT2D eigenvalue weighted by Gasteiger charge is 2.39. The molecule has 0 saturated carbocycles. The second-order valence-electron chi connectivity index (χ2n) is 5.41. The van der Waals surface area contributed by atoms with Crippen LogP contribution in [0.3, 0.4) is 0 Å². The number of amides is 2. The van der Waals surface area contributed by atoms with E-state index in [1.807, 2.05) is 13.8 Å². The average molecular weight is 258 g/mol. The Morgan fingerprint density at radius 3 is 2.56 bits per heavy atom. The minimum absolute atomic E-state index is 0.228. The average Bonchev–Trinajstić information content (AvgIpc) is 2.58. The number of hydrogen-bond acceptors (Lipinski definition) is 3. The smallest absolute Gasteiger partial charge is 0.318 e. The molecule has 1 fully saturated rings. The van der Waals surface area contributed by atoms with E-state index < -0.39 is 17.4 Å². The van der Waals surface area contributed by atoms with Crippen LogP contribution in [0.5, 0.6) is 0 Å². The third-order valence-corrected chi connectivity index (χ3v) is 3.28. The zero-order valence-corrected chi connectivity index (χ0v) is 11.4. The van der Waals surface area contributed by atoms with Gasteiger partial charge < -0.3 is 20.1 Å². The van der Waals surface area contributed by atoms with Crippen molar-refractivity contribution in [1.29, 1.82) is 0 Å². The Labute approximate surface area is 107 Å². The van der Waals surface area contributed by atoms with E-state index in [4.69, 9.17) is 9.84 Å². The van der Waals surface area contributed by atoms with Crippen molar-refractivity contribution < 1.29 is 19.4 Å². The van der Waals surface area contributed by atoms with Crippen molar-refractivity contribution in [3.63, 3.8) is 0 Å². The molecule has 2 N–H and O–H groups in total. The monoisotopic (exact) mass is 258 g/mol. The van der Waals surface area contributed by atoms with Gasteiger partial charge in [0.1, 0.15) is 0 Å². The molecule has 0 aromatic heterocycles. The number of nitrogens with one attached hydrogen (secondary N) is 1. The summed E-state index contributed by atoms with van der Waals surface area (Å²) < 4.78 is 5.03. The van der Waals surface area contributed by atoms with Gasteiger partial charge in [-0.15, -0.1) is 0 Å². The number of urea groups is 1. The molecule has 104 valence electrons. The molecule has 18 heavy (non-hydrogen) atoms. The summed E-state index contributed by atoms with van der Waals surface area (Å²) in [5, 5.41) is 11.9. The predicted octanol–water partition coefficient (Wildman–Crippen LogP) is 0.916. The van der Waals surface area contributed by atoms with Crippen LogP contribution in [-0.2, 0) is 9.53 Å². The minimum atomic E-state index is -0.839. The van der Waals surface area contributed by atoms with Crippen molar-refractivity contribution in [1.82, 2.24) is 10.2 Å². The molecule has 0 aromatic rings. The Hall–Kier alpha value is -1.30. The highest BCUT2D eigenvalue weighted by molar-refractivity contribution is 5.78. The van der Waals surface area contributed by atoms with Crippen molar-refractivity contribution in [2.24, 2.45) is 5.92 Å². The van der Waals surface area contributed by atoms with Gasteiger partial charge in [-0.1, -0.05) is 0 Å². The standard InChI is InChI=1S/C12H22N2O4/c1-8-9(10(15)16)5-6-14(8)11(17)13-12(2,3)7-18-4/h8-9H,5-7H2,1-4H3,(H,13,17)(H,15,16). The van der Waals surface area contributed by atoms with Gasteiger partial charge in [0.15, 0.2) is 0 Å². The summed E-state index contributed by atoms with van der Waals surface area (Å²) in [6.07, 6.45) is 0.509. The molecular weight excluding hydrogens is 236 g/mol. The highest BCUT2D eigenvalue weighted by atomic mass is 16.5. The van der Waals surface area contributed by atoms with Crippen LogP contribution in [0.15, 0.2) is 0 Å². The molecule has 0 spiro atoms. The lowest BCUT2D eigenvalue weighted by molar-refractivity contribution is -0.142. The largest absolute Gasteiger partial charge is 0.481 e. The van der Waals surface area contributed by atoms with Crippen LogP contribution >= 0.6 is 0 Å². The van der Waals surface area contributed by atoms with E-state index in [1.54, 1.807) is 18.9 Å². The van der Waals surface area contributed by atoms with Crippen LogP contribution in [0.1, 0.15) is 27.2 Å². The Bertz CT molecular complexity index is 330. The molecule has 2 amide bonds. The molecule has 0 bridgehead atoms. The second kappa shape index (κ2) is 5.56. The number of likely N-dealkylation sites (tertiary alicyclic amines) is 1. The quantitative estimate of drug-likeness (QED) is 0.785. The zero-order valence-electron chi connectivity index (χ0n) is 11.4. The van der Waals surface area contributed by atoms with Gasteiger partial charge in [0.05, 0.1) is 18.1 Å². The number of carboxylic acid groups (broad SMARTS) is 1. The maximum Gasteiger partial charge on any atom is 0.318 e. The first kappa shape index (κ1) is 14.8. The number of methoxy groups -OCH3 is 1. The first-order valence-electron chi connectivity index (χ1n) is 6.09. The summed E-state index contributed by atoms with van der Waals surface area (Å²) in [5.41, 5.74) is -0.465. The van der Waals surface area contributed by atoms with Gasteiger partial charge in [-0.05, 0) is 27.2 Å². The number of rotatable bonds is 4. The fourth-order valence-corrected chi connectivity index (χ4v) is 2.31. The second-order valence-corrected chi connectivity index (χ2v) is 5.41. The van der Waals surface area contributed by atoms with Crippen LogP contribution in [0, 0.1) is 5.92 Å². The van der Waals surface area contributed by atoms with Crippen molar-refractivity contribution in [3.8, 4) is 0 Å². The first-order chi connectivity index (χ1) is 8.28. The summed E-state index contributed by atoms with van der Waals surface area (Å²) in [5.74, 6) is -1.31. The SMILES string of the molecule is COCC(C)(C)NC(=O)N1CCC(C(=O)O)C1C. The molecule has 1 aliphatic heterocycles. The molecule has 2 atom stereocenters. The lowest BCUT2D eigenvalue weighted by atomic mass is 10.0. The molecule has 6 heteroatoms. The van der Waals surface area contributed by atoms with E-state index in [2.05, 4.69) is 5.32 Å². The molecule has 0 aromatic carbocycles. The number of carbonyl (C=O) groups excluding carboxylic acids is 1. The number of hydrogen-bond donors (Lipinski definition) is 2. The van der Waals surface area contributed by atoms with Crippen molar-refractivity contribution in [2.75, 3.05) is 20.3 Å². The minimum Gasteiger partial charge on any atom is -0.481 e. The summed E-state index contributed by atoms with van der Waals surface area (Å²) in [6, 6.07) is -0.505. The molecule has 1 aliphatic rings. The van der Waals surface area contributed by atoms with Gasteiger partial charge in [0, 0.05) is 19.7 Å². The molecule has 1 saturated heterocycles. The van der Waals surface area contributed by atoms with Gasteiger partial charge in [0.2, 0.25) is 0 Å². The summed E-state index contributed by atoms with van der Waals surface area (Å²) in [4.78, 5) is 24.6. The van der Waals surface area contributed by atoms with Crippen LogP contribution in [-0.4, -0.2) is 53.8 Å². The lowest BCUT2D eigenvalue weighted by Gasteiger charge is -2.30. The third kappa shape index (κ3) is 3.35. The van der Waals surface area contributed by atoms with E-state index in [9.17, 15) is 9.59 Å². The lowest BCUT2D eigenvalue weighted by Crippen LogP contribution is -2.53. The molecule has 0 aliphatic carbocycles. The Morgan fingerprint density at radius 2 is 2.11 bits per heavy atom. The topological polar surface area (TPSA) is 78.9 Å². The predicted molar refractivity (Wildman–Crippen MR) is 66.4 cm³/mol. The maximum absolute atomic E-state index is 12.1. The van der Waals surface area contributed by atoms with Crippen LogP contribution in [0.4, 0.5) is 4.79 Å². The first-order valence-corrected chi connectivity index (χ1v) is 6.09. The fourth-order valence-electron chi connectivity index (χ4n) is 2.31. The van der Waals surface area contributed by atoms with Gasteiger partial charge in [0.25, 0.3) is 0 Å². The van der Waals surface area contributed by atoms with Gasteiger partial charge in [-0.3, -0.25) is 4.79 Å². The highest BCUT2D eigenvalue weighted by Crippen LogP contribution is 2.24. The Morgan fingerprint density at radius 1 is 1.50 bits per heavy atom. The molecule has 0 radical (unpaired) electrons. The summed E-state index contributed by atoms with van der Waals surface area (Å²) >= 11 is 0. The van der Waals surface area contributed by atoms with E-state index >= 15 is 0 Å². The molecule has 1 rings (SSSR count). The number of carbonyl (C=O) groups is 2. The van der Waals surface area contributed by atoms with E-state index in [0.29, 0.717) is 19.6 Å². The summed E-state index contributed by atoms with van der Waals surface area (Å²) in [7, 11) is 1.58. The van der Waals surface area contributed by atoms with E-state index in [1.165, 1.54) is 0 Å². The van der Waals surface area contributed by atoms with Gasteiger partial charge in [-0.25, -0.2) is 4.79 Å². The third-order valence-electron chi connectivity index (χ3n) is 3.28. The normalized spacial score (nSPS) is 24.1. The van der Waals surface area contributed by atoms with Crippen molar-refractivity contribution >= 4 is 12.0 Å². The number of ether oxygens (including phenoxy) is 1.